The van der Waals surface area contributed by atoms with E-state index in [0.29, 0.717) is 10.1 Å². The van der Waals surface area contributed by atoms with Gasteiger partial charge in [0.2, 0.25) is 11.0 Å². The van der Waals surface area contributed by atoms with Crippen molar-refractivity contribution in [2.45, 2.75) is 24.0 Å². The predicted octanol–water partition coefficient (Wildman–Crippen LogP) is 4.77. The number of aryl methyl sites for hydroxylation is 1. The maximum Gasteiger partial charge on any atom is 0.239 e. The number of halogens is 1. The van der Waals surface area contributed by atoms with Crippen LogP contribution in [0.5, 0.6) is 0 Å². The normalized spacial score (nSPS) is 12.0. The number of nitrogens with one attached hydrogen (secondary N) is 1. The van der Waals surface area contributed by atoms with Crippen LogP contribution in [0.4, 0.5) is 9.52 Å². The van der Waals surface area contributed by atoms with E-state index in [1.165, 1.54) is 40.8 Å². The zero-order valence-corrected chi connectivity index (χ0v) is 15.3. The van der Waals surface area contributed by atoms with Crippen molar-refractivity contribution in [3.63, 3.8) is 0 Å². The summed E-state index contributed by atoms with van der Waals surface area (Å²) < 4.78 is 13.0. The molecule has 0 radical (unpaired) electrons. The van der Waals surface area contributed by atoms with Gasteiger partial charge < -0.3 is 0 Å². The van der Waals surface area contributed by atoms with Gasteiger partial charge in [0.1, 0.15) is 10.8 Å². The summed E-state index contributed by atoms with van der Waals surface area (Å²) in [6, 6.07) is 14.1. The number of hydrogen-bond donors (Lipinski definition) is 1. The SMILES string of the molecule is Cc1ccc(SC(C)C(=O)Nc2nnc(-c3ccc(F)cc3)s2)cc1. The van der Waals surface area contributed by atoms with Crippen LogP contribution < -0.4 is 5.32 Å². The summed E-state index contributed by atoms with van der Waals surface area (Å²) in [6.07, 6.45) is 0. The monoisotopic (exact) mass is 373 g/mol. The second kappa shape index (κ2) is 7.76. The van der Waals surface area contributed by atoms with Gasteiger partial charge in [0.25, 0.3) is 0 Å². The van der Waals surface area contributed by atoms with Gasteiger partial charge in [-0.2, -0.15) is 0 Å². The molecule has 0 aliphatic rings. The number of amides is 1. The van der Waals surface area contributed by atoms with Gasteiger partial charge in [-0.25, -0.2) is 4.39 Å². The molecule has 1 atom stereocenters. The van der Waals surface area contributed by atoms with Crippen molar-refractivity contribution in [1.82, 2.24) is 10.2 Å². The van der Waals surface area contributed by atoms with Crippen LogP contribution in [-0.4, -0.2) is 21.4 Å². The molecule has 3 aromatic rings. The van der Waals surface area contributed by atoms with Gasteiger partial charge in [-0.1, -0.05) is 29.0 Å². The topological polar surface area (TPSA) is 54.9 Å². The molecule has 1 heterocycles. The molecule has 2 aromatic carbocycles. The molecule has 1 unspecified atom stereocenters. The fraction of sp³-hybridized carbons (Fsp3) is 0.167. The van der Waals surface area contributed by atoms with E-state index in [0.717, 1.165) is 10.5 Å². The molecular weight excluding hydrogens is 357 g/mol. The summed E-state index contributed by atoms with van der Waals surface area (Å²) in [4.78, 5) is 13.4. The number of anilines is 1. The molecule has 4 nitrogen and oxygen atoms in total. The molecule has 3 rings (SSSR count). The van der Waals surface area contributed by atoms with Crippen LogP contribution in [0.15, 0.2) is 53.4 Å². The van der Waals surface area contributed by atoms with Crippen LogP contribution in [0.3, 0.4) is 0 Å². The highest BCUT2D eigenvalue weighted by atomic mass is 32.2. The van der Waals surface area contributed by atoms with E-state index in [1.807, 2.05) is 38.1 Å². The van der Waals surface area contributed by atoms with Crippen molar-refractivity contribution in [2.24, 2.45) is 0 Å². The lowest BCUT2D eigenvalue weighted by Crippen LogP contribution is -2.22. The summed E-state index contributed by atoms with van der Waals surface area (Å²) >= 11 is 2.75. The van der Waals surface area contributed by atoms with Crippen molar-refractivity contribution in [1.29, 1.82) is 0 Å². The van der Waals surface area contributed by atoms with E-state index in [4.69, 9.17) is 0 Å². The molecule has 0 saturated carbocycles. The van der Waals surface area contributed by atoms with E-state index in [-0.39, 0.29) is 17.0 Å². The molecule has 0 aliphatic heterocycles. The van der Waals surface area contributed by atoms with Crippen molar-refractivity contribution in [3.05, 3.63) is 59.9 Å². The smallest absolute Gasteiger partial charge is 0.239 e. The fourth-order valence-electron chi connectivity index (χ4n) is 2.06. The van der Waals surface area contributed by atoms with E-state index in [2.05, 4.69) is 15.5 Å². The molecule has 1 amide bonds. The number of hydrogen-bond acceptors (Lipinski definition) is 5. The predicted molar refractivity (Wildman–Crippen MR) is 100 cm³/mol. The maximum absolute atomic E-state index is 13.0. The highest BCUT2D eigenvalue weighted by Gasteiger charge is 2.17. The lowest BCUT2D eigenvalue weighted by Gasteiger charge is -2.10. The first kappa shape index (κ1) is 17.6. The van der Waals surface area contributed by atoms with Gasteiger partial charge in [0.05, 0.1) is 5.25 Å². The van der Waals surface area contributed by atoms with Gasteiger partial charge in [0, 0.05) is 10.5 Å². The lowest BCUT2D eigenvalue weighted by molar-refractivity contribution is -0.115. The zero-order valence-electron chi connectivity index (χ0n) is 13.7. The highest BCUT2D eigenvalue weighted by Crippen LogP contribution is 2.28. The first-order valence-electron chi connectivity index (χ1n) is 7.65. The largest absolute Gasteiger partial charge is 0.300 e. The van der Waals surface area contributed by atoms with E-state index in [9.17, 15) is 9.18 Å². The van der Waals surface area contributed by atoms with Gasteiger partial charge in [-0.05, 0) is 50.2 Å². The van der Waals surface area contributed by atoms with Crippen LogP contribution in [0.25, 0.3) is 10.6 Å². The fourth-order valence-corrected chi connectivity index (χ4v) is 3.68. The minimum Gasteiger partial charge on any atom is -0.300 e. The van der Waals surface area contributed by atoms with Gasteiger partial charge >= 0.3 is 0 Å². The number of rotatable bonds is 5. The zero-order chi connectivity index (χ0) is 17.8. The first-order valence-corrected chi connectivity index (χ1v) is 9.34. The summed E-state index contributed by atoms with van der Waals surface area (Å²) in [7, 11) is 0. The molecule has 1 N–H and O–H groups in total. The van der Waals surface area contributed by atoms with Crippen molar-refractivity contribution in [2.75, 3.05) is 5.32 Å². The Morgan fingerprint density at radius 3 is 2.48 bits per heavy atom. The Morgan fingerprint density at radius 2 is 1.80 bits per heavy atom. The molecule has 0 bridgehead atoms. The molecule has 0 fully saturated rings. The van der Waals surface area contributed by atoms with Crippen LogP contribution >= 0.6 is 23.1 Å². The second-order valence-corrected chi connectivity index (χ2v) is 7.87. The van der Waals surface area contributed by atoms with E-state index >= 15 is 0 Å². The third kappa shape index (κ3) is 4.64. The van der Waals surface area contributed by atoms with Crippen LogP contribution in [0, 0.1) is 12.7 Å². The van der Waals surface area contributed by atoms with Crippen molar-refractivity contribution < 1.29 is 9.18 Å². The number of nitrogens with zero attached hydrogens (tertiary/aromatic N) is 2. The third-order valence-electron chi connectivity index (χ3n) is 3.45. The quantitative estimate of drug-likeness (QED) is 0.655. The maximum atomic E-state index is 13.0. The minimum atomic E-state index is -0.302. The van der Waals surface area contributed by atoms with E-state index in [1.54, 1.807) is 12.1 Å². The lowest BCUT2D eigenvalue weighted by atomic mass is 10.2. The number of carbonyl (C=O) groups is 1. The Hall–Kier alpha value is -2.25. The van der Waals surface area contributed by atoms with Gasteiger partial charge in [-0.15, -0.1) is 22.0 Å². The summed E-state index contributed by atoms with van der Waals surface area (Å²) in [5.41, 5.74) is 1.95. The van der Waals surface area contributed by atoms with Crippen LogP contribution in [0.1, 0.15) is 12.5 Å². The Kier molecular flexibility index (Phi) is 5.45. The first-order chi connectivity index (χ1) is 12.0. The Balaban J connectivity index is 1.62. The average Bonchev–Trinajstić information content (AvgIpc) is 3.06. The highest BCUT2D eigenvalue weighted by molar-refractivity contribution is 8.00. The Morgan fingerprint density at radius 1 is 1.12 bits per heavy atom. The number of aromatic nitrogens is 2. The summed E-state index contributed by atoms with van der Waals surface area (Å²) in [6.45, 7) is 3.88. The van der Waals surface area contributed by atoms with Crippen LogP contribution in [0.2, 0.25) is 0 Å². The molecule has 7 heteroatoms. The Labute approximate surface area is 153 Å². The number of benzene rings is 2. The molecule has 1 aromatic heterocycles. The standard InChI is InChI=1S/C18H16FN3OS2/c1-11-3-9-15(10-4-11)24-12(2)16(23)20-18-22-21-17(25-18)13-5-7-14(19)8-6-13/h3-10,12H,1-2H3,(H,20,22,23). The van der Waals surface area contributed by atoms with Crippen LogP contribution in [-0.2, 0) is 4.79 Å². The van der Waals surface area contributed by atoms with E-state index < -0.39 is 0 Å². The molecule has 0 spiro atoms. The molecular formula is C18H16FN3OS2. The second-order valence-electron chi connectivity index (χ2n) is 5.48. The van der Waals surface area contributed by atoms with Gasteiger partial charge in [-0.3, -0.25) is 10.1 Å². The molecule has 128 valence electrons. The molecule has 0 saturated heterocycles. The average molecular weight is 373 g/mol. The number of carbonyl (C=O) groups excluding carboxylic acids is 1. The molecule has 0 aliphatic carbocycles. The Bertz CT molecular complexity index is 863. The molecule has 25 heavy (non-hydrogen) atoms. The van der Waals surface area contributed by atoms with Crippen molar-refractivity contribution >= 4 is 34.1 Å². The van der Waals surface area contributed by atoms with Crippen molar-refractivity contribution in [3.8, 4) is 10.6 Å². The summed E-state index contributed by atoms with van der Waals surface area (Å²) in [5, 5.41) is 11.6. The van der Waals surface area contributed by atoms with Gasteiger partial charge in [0.15, 0.2) is 0 Å². The summed E-state index contributed by atoms with van der Waals surface area (Å²) in [5.74, 6) is -0.434. The third-order valence-corrected chi connectivity index (χ3v) is 5.45. The minimum absolute atomic E-state index is 0.132. The number of thioether (sulfide) groups is 1.